The Hall–Kier alpha value is -1.95. The summed E-state index contributed by atoms with van der Waals surface area (Å²) in [6, 6.07) is 5.63. The summed E-state index contributed by atoms with van der Waals surface area (Å²) in [6.45, 7) is 5.57. The second-order valence-corrected chi connectivity index (χ2v) is 5.87. The van der Waals surface area contributed by atoms with E-state index in [0.717, 1.165) is 17.1 Å². The largest absolute Gasteiger partial charge is 0.436 e. The molecule has 1 heterocycles. The molecule has 112 valence electrons. The summed E-state index contributed by atoms with van der Waals surface area (Å²) in [7, 11) is 0. The third-order valence-electron chi connectivity index (χ3n) is 2.86. The van der Waals surface area contributed by atoms with Crippen molar-refractivity contribution in [3.8, 4) is 0 Å². The average Bonchev–Trinajstić information content (AvgIpc) is 2.78. The summed E-state index contributed by atoms with van der Waals surface area (Å²) in [6.07, 6.45) is 1.09. The van der Waals surface area contributed by atoms with Gasteiger partial charge >= 0.3 is 0 Å². The molecule has 0 fully saturated rings. The fourth-order valence-electron chi connectivity index (χ4n) is 1.87. The molecular formula is C15H19N3O2S. The Balaban J connectivity index is 2.18. The number of oxazole rings is 1. The molecule has 21 heavy (non-hydrogen) atoms. The molecule has 6 heteroatoms. The SMILES string of the molecule is CCCSc1ccc(N)c(NC(=O)c2oc(C)nc2C)c1. The van der Waals surface area contributed by atoms with Crippen molar-refractivity contribution in [2.45, 2.75) is 32.1 Å². The van der Waals surface area contributed by atoms with Crippen LogP contribution in [0.4, 0.5) is 11.4 Å². The summed E-state index contributed by atoms with van der Waals surface area (Å²) in [4.78, 5) is 17.4. The third-order valence-corrected chi connectivity index (χ3v) is 4.06. The van der Waals surface area contributed by atoms with Crippen molar-refractivity contribution in [2.24, 2.45) is 0 Å². The van der Waals surface area contributed by atoms with Gasteiger partial charge in [0, 0.05) is 11.8 Å². The maximum Gasteiger partial charge on any atom is 0.293 e. The molecule has 0 aliphatic heterocycles. The van der Waals surface area contributed by atoms with E-state index in [1.54, 1.807) is 31.7 Å². The second kappa shape index (κ2) is 6.67. The molecule has 0 saturated carbocycles. The van der Waals surface area contributed by atoms with Crippen LogP contribution >= 0.6 is 11.8 Å². The van der Waals surface area contributed by atoms with Gasteiger partial charge in [0.2, 0.25) is 5.76 Å². The van der Waals surface area contributed by atoms with Crippen LogP contribution in [0.3, 0.4) is 0 Å². The zero-order chi connectivity index (χ0) is 15.4. The fraction of sp³-hybridized carbons (Fsp3) is 0.333. The van der Waals surface area contributed by atoms with E-state index in [1.807, 2.05) is 12.1 Å². The van der Waals surface area contributed by atoms with Gasteiger partial charge in [-0.2, -0.15) is 0 Å². The minimum absolute atomic E-state index is 0.221. The molecule has 2 rings (SSSR count). The summed E-state index contributed by atoms with van der Waals surface area (Å²) in [5.74, 6) is 1.38. The van der Waals surface area contributed by atoms with Crippen molar-refractivity contribution in [3.63, 3.8) is 0 Å². The first-order chi connectivity index (χ1) is 10.0. The van der Waals surface area contributed by atoms with Gasteiger partial charge in [0.15, 0.2) is 5.89 Å². The molecular weight excluding hydrogens is 286 g/mol. The topological polar surface area (TPSA) is 81.1 Å². The highest BCUT2D eigenvalue weighted by Gasteiger charge is 2.17. The molecule has 0 unspecified atom stereocenters. The van der Waals surface area contributed by atoms with Crippen molar-refractivity contribution in [1.29, 1.82) is 0 Å². The first-order valence-electron chi connectivity index (χ1n) is 6.79. The molecule has 0 aliphatic carbocycles. The van der Waals surface area contributed by atoms with E-state index in [4.69, 9.17) is 10.2 Å². The Morgan fingerprint density at radius 3 is 2.81 bits per heavy atom. The van der Waals surface area contributed by atoms with Gasteiger partial charge < -0.3 is 15.5 Å². The lowest BCUT2D eigenvalue weighted by Gasteiger charge is -2.09. The lowest BCUT2D eigenvalue weighted by molar-refractivity contribution is 0.0994. The number of benzene rings is 1. The number of carbonyl (C=O) groups excluding carboxylic acids is 1. The zero-order valence-corrected chi connectivity index (χ0v) is 13.2. The summed E-state index contributed by atoms with van der Waals surface area (Å²) < 4.78 is 5.31. The molecule has 5 nitrogen and oxygen atoms in total. The number of thioether (sulfide) groups is 1. The number of amides is 1. The number of anilines is 2. The molecule has 0 saturated heterocycles. The van der Waals surface area contributed by atoms with E-state index < -0.39 is 0 Å². The predicted octanol–water partition coefficient (Wildman–Crippen LogP) is 3.63. The number of carbonyl (C=O) groups is 1. The van der Waals surface area contributed by atoms with Crippen LogP contribution in [0.5, 0.6) is 0 Å². The number of nitrogens with one attached hydrogen (secondary N) is 1. The van der Waals surface area contributed by atoms with Crippen molar-refractivity contribution < 1.29 is 9.21 Å². The molecule has 0 radical (unpaired) electrons. The van der Waals surface area contributed by atoms with Crippen LogP contribution < -0.4 is 11.1 Å². The minimum atomic E-state index is -0.336. The number of nitrogens with two attached hydrogens (primary N) is 1. The van der Waals surface area contributed by atoms with Gasteiger partial charge in [-0.3, -0.25) is 4.79 Å². The van der Waals surface area contributed by atoms with Crippen molar-refractivity contribution in [2.75, 3.05) is 16.8 Å². The van der Waals surface area contributed by atoms with Crippen LogP contribution in [0.2, 0.25) is 0 Å². The number of hydrogen-bond acceptors (Lipinski definition) is 5. The van der Waals surface area contributed by atoms with Gasteiger partial charge in [-0.15, -0.1) is 11.8 Å². The summed E-state index contributed by atoms with van der Waals surface area (Å²) in [5, 5.41) is 2.79. The number of aryl methyl sites for hydroxylation is 2. The quantitative estimate of drug-likeness (QED) is 0.651. The lowest BCUT2D eigenvalue weighted by Crippen LogP contribution is -2.13. The van der Waals surface area contributed by atoms with Gasteiger partial charge in [-0.25, -0.2) is 4.98 Å². The van der Waals surface area contributed by atoms with Gasteiger partial charge in [-0.1, -0.05) is 6.92 Å². The van der Waals surface area contributed by atoms with E-state index in [2.05, 4.69) is 17.2 Å². The van der Waals surface area contributed by atoms with Crippen molar-refractivity contribution >= 4 is 29.0 Å². The van der Waals surface area contributed by atoms with Crippen molar-refractivity contribution in [3.05, 3.63) is 35.5 Å². The maximum absolute atomic E-state index is 12.2. The van der Waals surface area contributed by atoms with Crippen molar-refractivity contribution in [1.82, 2.24) is 4.98 Å². The highest BCUT2D eigenvalue weighted by atomic mass is 32.2. The van der Waals surface area contributed by atoms with Crippen LogP contribution in [0.15, 0.2) is 27.5 Å². The van der Waals surface area contributed by atoms with Crippen LogP contribution in [0.25, 0.3) is 0 Å². The van der Waals surface area contributed by atoms with E-state index in [1.165, 1.54) is 0 Å². The third kappa shape index (κ3) is 3.78. The maximum atomic E-state index is 12.2. The molecule has 0 atom stereocenters. The van der Waals surface area contributed by atoms with Gasteiger partial charge in [0.1, 0.15) is 0 Å². The Morgan fingerprint density at radius 2 is 2.19 bits per heavy atom. The van der Waals surface area contributed by atoms with E-state index in [-0.39, 0.29) is 11.7 Å². The molecule has 3 N–H and O–H groups in total. The number of nitrogen functional groups attached to an aromatic ring is 1. The summed E-state index contributed by atoms with van der Waals surface area (Å²) in [5.41, 5.74) is 7.61. The smallest absolute Gasteiger partial charge is 0.293 e. The predicted molar refractivity (Wildman–Crippen MR) is 85.8 cm³/mol. The van der Waals surface area contributed by atoms with Crippen LogP contribution in [-0.4, -0.2) is 16.6 Å². The number of nitrogens with zero attached hydrogens (tertiary/aromatic N) is 1. The molecule has 1 amide bonds. The Kier molecular flexibility index (Phi) is 4.90. The number of hydrogen-bond donors (Lipinski definition) is 2. The standard InChI is InChI=1S/C15H19N3O2S/c1-4-7-21-11-5-6-12(16)13(8-11)18-15(19)14-9(2)17-10(3)20-14/h5-6,8H,4,7,16H2,1-3H3,(H,18,19). The average molecular weight is 305 g/mol. The molecule has 1 aromatic heterocycles. The summed E-state index contributed by atoms with van der Waals surface area (Å²) >= 11 is 1.73. The number of rotatable bonds is 5. The first-order valence-corrected chi connectivity index (χ1v) is 7.77. The van der Waals surface area contributed by atoms with Crippen LogP contribution in [-0.2, 0) is 0 Å². The van der Waals surface area contributed by atoms with E-state index in [9.17, 15) is 4.79 Å². The van der Waals surface area contributed by atoms with E-state index >= 15 is 0 Å². The van der Waals surface area contributed by atoms with E-state index in [0.29, 0.717) is 23.0 Å². The van der Waals surface area contributed by atoms with Gasteiger partial charge in [0.25, 0.3) is 5.91 Å². The van der Waals surface area contributed by atoms with Gasteiger partial charge in [-0.05, 0) is 37.3 Å². The lowest BCUT2D eigenvalue weighted by atomic mass is 10.2. The first kappa shape index (κ1) is 15.4. The molecule has 0 aliphatic rings. The Labute approximate surface area is 128 Å². The fourth-order valence-corrected chi connectivity index (χ4v) is 2.68. The highest BCUT2D eigenvalue weighted by molar-refractivity contribution is 7.99. The molecule has 2 aromatic rings. The zero-order valence-electron chi connectivity index (χ0n) is 12.4. The molecule has 0 spiro atoms. The minimum Gasteiger partial charge on any atom is -0.436 e. The second-order valence-electron chi connectivity index (χ2n) is 4.70. The monoisotopic (exact) mass is 305 g/mol. The normalized spacial score (nSPS) is 10.6. The highest BCUT2D eigenvalue weighted by Crippen LogP contribution is 2.27. The van der Waals surface area contributed by atoms with Crippen LogP contribution in [0.1, 0.15) is 35.5 Å². The number of aromatic nitrogens is 1. The van der Waals surface area contributed by atoms with Crippen LogP contribution in [0, 0.1) is 13.8 Å². The molecule has 0 bridgehead atoms. The van der Waals surface area contributed by atoms with Gasteiger partial charge in [0.05, 0.1) is 17.1 Å². The Bertz CT molecular complexity index is 652. The Morgan fingerprint density at radius 1 is 1.43 bits per heavy atom. The molecule has 1 aromatic carbocycles.